The molecule has 2 aromatic heterocycles. The van der Waals surface area contributed by atoms with Gasteiger partial charge in [-0.1, -0.05) is 23.7 Å². The van der Waals surface area contributed by atoms with Crippen molar-refractivity contribution in [2.75, 3.05) is 18.0 Å². The summed E-state index contributed by atoms with van der Waals surface area (Å²) >= 11 is 8.07. The van der Waals surface area contributed by atoms with Gasteiger partial charge in [-0.15, -0.1) is 11.3 Å². The SMILES string of the molecule is O=c1c(Cl)c(N2CC=C(c3cccs3)CC2)cnn1-c1ccc([N+](=O)[O-])cc1. The standard InChI is InChI=1S/C19H15ClN4O3S/c20-18-16(22-9-7-13(8-10-22)17-2-1-11-28-17)12-21-23(19(18)25)14-3-5-15(6-4-14)24(26)27/h1-7,11-12H,8-10H2. The van der Waals surface area contributed by atoms with Crippen LogP contribution in [0.4, 0.5) is 11.4 Å². The van der Waals surface area contributed by atoms with E-state index in [1.807, 2.05) is 11.0 Å². The Balaban J connectivity index is 1.60. The molecule has 0 atom stereocenters. The highest BCUT2D eigenvalue weighted by atomic mass is 35.5. The van der Waals surface area contributed by atoms with E-state index in [4.69, 9.17) is 11.6 Å². The third-order valence-corrected chi connectivity index (χ3v) is 5.89. The molecule has 0 radical (unpaired) electrons. The number of rotatable bonds is 4. The van der Waals surface area contributed by atoms with Gasteiger partial charge in [0.25, 0.3) is 11.2 Å². The Kier molecular flexibility index (Phi) is 4.97. The predicted octanol–water partition coefficient (Wildman–Crippen LogP) is 4.15. The van der Waals surface area contributed by atoms with E-state index in [9.17, 15) is 14.9 Å². The molecular weight excluding hydrogens is 400 g/mol. The first-order valence-electron chi connectivity index (χ1n) is 8.55. The van der Waals surface area contributed by atoms with E-state index >= 15 is 0 Å². The van der Waals surface area contributed by atoms with Gasteiger partial charge >= 0.3 is 0 Å². The molecule has 9 heteroatoms. The summed E-state index contributed by atoms with van der Waals surface area (Å²) in [7, 11) is 0. The zero-order valence-corrected chi connectivity index (χ0v) is 16.2. The summed E-state index contributed by atoms with van der Waals surface area (Å²) in [4.78, 5) is 26.3. The minimum Gasteiger partial charge on any atom is -0.365 e. The Hall–Kier alpha value is -2.97. The normalized spacial score (nSPS) is 14.0. The lowest BCUT2D eigenvalue weighted by molar-refractivity contribution is -0.384. The van der Waals surface area contributed by atoms with E-state index in [0.29, 0.717) is 17.9 Å². The highest BCUT2D eigenvalue weighted by Gasteiger charge is 2.19. The van der Waals surface area contributed by atoms with Crippen LogP contribution in [0.2, 0.25) is 5.02 Å². The summed E-state index contributed by atoms with van der Waals surface area (Å²) in [6.07, 6.45) is 4.57. The number of non-ortho nitro benzene ring substituents is 1. The first-order chi connectivity index (χ1) is 13.5. The third kappa shape index (κ3) is 3.44. The Morgan fingerprint density at radius 1 is 1.21 bits per heavy atom. The molecule has 0 aliphatic carbocycles. The number of nitro benzene ring substituents is 1. The van der Waals surface area contributed by atoms with E-state index in [1.54, 1.807) is 17.5 Å². The van der Waals surface area contributed by atoms with Crippen molar-refractivity contribution in [3.05, 3.63) is 84.4 Å². The number of nitro groups is 1. The largest absolute Gasteiger partial charge is 0.365 e. The first kappa shape index (κ1) is 18.4. The van der Waals surface area contributed by atoms with Crippen LogP contribution in [-0.2, 0) is 0 Å². The van der Waals surface area contributed by atoms with Crippen molar-refractivity contribution in [1.82, 2.24) is 9.78 Å². The van der Waals surface area contributed by atoms with Crippen molar-refractivity contribution in [1.29, 1.82) is 0 Å². The molecule has 0 saturated carbocycles. The van der Waals surface area contributed by atoms with Gasteiger partial charge < -0.3 is 4.90 Å². The van der Waals surface area contributed by atoms with Gasteiger partial charge in [-0.05, 0) is 35.6 Å². The molecular formula is C19H15ClN4O3S. The summed E-state index contributed by atoms with van der Waals surface area (Å²) in [6, 6.07) is 9.73. The molecule has 142 valence electrons. The predicted molar refractivity (Wildman–Crippen MR) is 111 cm³/mol. The van der Waals surface area contributed by atoms with E-state index in [-0.39, 0.29) is 10.7 Å². The second-order valence-corrected chi connectivity index (χ2v) is 7.56. The van der Waals surface area contributed by atoms with Crippen molar-refractivity contribution in [2.24, 2.45) is 0 Å². The Morgan fingerprint density at radius 3 is 2.61 bits per heavy atom. The molecule has 0 unspecified atom stereocenters. The van der Waals surface area contributed by atoms with Crippen LogP contribution in [0.1, 0.15) is 11.3 Å². The molecule has 7 nitrogen and oxygen atoms in total. The van der Waals surface area contributed by atoms with E-state index in [2.05, 4.69) is 22.6 Å². The molecule has 0 fully saturated rings. The number of aromatic nitrogens is 2. The van der Waals surface area contributed by atoms with Crippen LogP contribution in [0, 0.1) is 10.1 Å². The van der Waals surface area contributed by atoms with Crippen molar-refractivity contribution >= 4 is 39.9 Å². The molecule has 1 aliphatic rings. The van der Waals surface area contributed by atoms with Crippen LogP contribution in [0.25, 0.3) is 11.3 Å². The van der Waals surface area contributed by atoms with Crippen molar-refractivity contribution in [2.45, 2.75) is 6.42 Å². The Bertz CT molecular complexity index is 1110. The minimum atomic E-state index is -0.496. The van der Waals surface area contributed by atoms with Gasteiger partial charge in [-0.3, -0.25) is 14.9 Å². The quantitative estimate of drug-likeness (QED) is 0.473. The molecule has 4 rings (SSSR count). The number of hydrogen-bond acceptors (Lipinski definition) is 6. The molecule has 1 aliphatic heterocycles. The fourth-order valence-electron chi connectivity index (χ4n) is 3.12. The zero-order chi connectivity index (χ0) is 19.7. The lowest BCUT2D eigenvalue weighted by atomic mass is 10.1. The maximum atomic E-state index is 12.7. The lowest BCUT2D eigenvalue weighted by Gasteiger charge is -2.28. The number of thiophene rings is 1. The number of benzene rings is 1. The maximum Gasteiger partial charge on any atom is 0.292 e. The molecule has 3 heterocycles. The summed E-state index contributed by atoms with van der Waals surface area (Å²) in [5.74, 6) is 0. The second-order valence-electron chi connectivity index (χ2n) is 6.24. The van der Waals surface area contributed by atoms with Crippen LogP contribution in [0.5, 0.6) is 0 Å². The Labute approximate surface area is 169 Å². The highest BCUT2D eigenvalue weighted by Crippen LogP contribution is 2.30. The van der Waals surface area contributed by atoms with Crippen molar-refractivity contribution in [3.63, 3.8) is 0 Å². The van der Waals surface area contributed by atoms with E-state index in [1.165, 1.54) is 34.7 Å². The molecule has 0 spiro atoms. The van der Waals surface area contributed by atoms with Crippen molar-refractivity contribution in [3.8, 4) is 5.69 Å². The molecule has 0 saturated heterocycles. The van der Waals surface area contributed by atoms with Gasteiger partial charge in [0, 0.05) is 30.1 Å². The molecule has 3 aromatic rings. The average Bonchev–Trinajstić information content (AvgIpc) is 3.25. The molecule has 0 N–H and O–H groups in total. The van der Waals surface area contributed by atoms with Crippen LogP contribution < -0.4 is 10.5 Å². The number of hydrogen-bond donors (Lipinski definition) is 0. The van der Waals surface area contributed by atoms with Gasteiger partial charge in [0.05, 0.1) is 22.5 Å². The summed E-state index contributed by atoms with van der Waals surface area (Å²) in [6.45, 7) is 1.39. The summed E-state index contributed by atoms with van der Waals surface area (Å²) in [5, 5.41) is 17.1. The summed E-state index contributed by atoms with van der Waals surface area (Å²) < 4.78 is 1.15. The first-order valence-corrected chi connectivity index (χ1v) is 9.81. The smallest absolute Gasteiger partial charge is 0.292 e. The van der Waals surface area contributed by atoms with Gasteiger partial charge in [-0.25, -0.2) is 0 Å². The molecule has 0 bridgehead atoms. The monoisotopic (exact) mass is 414 g/mol. The maximum absolute atomic E-state index is 12.7. The van der Waals surface area contributed by atoms with Crippen LogP contribution in [0.3, 0.4) is 0 Å². The van der Waals surface area contributed by atoms with Crippen LogP contribution in [0.15, 0.2) is 58.8 Å². The van der Waals surface area contributed by atoms with Gasteiger partial charge in [0.1, 0.15) is 5.02 Å². The minimum absolute atomic E-state index is 0.0545. The van der Waals surface area contributed by atoms with Gasteiger partial charge in [-0.2, -0.15) is 9.78 Å². The molecule has 28 heavy (non-hydrogen) atoms. The zero-order valence-electron chi connectivity index (χ0n) is 14.6. The topological polar surface area (TPSA) is 81.3 Å². The number of anilines is 1. The fraction of sp³-hybridized carbons (Fsp3) is 0.158. The van der Waals surface area contributed by atoms with Crippen molar-refractivity contribution < 1.29 is 4.92 Å². The Morgan fingerprint density at radius 2 is 2.00 bits per heavy atom. The van der Waals surface area contributed by atoms with E-state index in [0.717, 1.165) is 17.6 Å². The average molecular weight is 415 g/mol. The summed E-state index contributed by atoms with van der Waals surface area (Å²) in [5.41, 5.74) is 1.80. The van der Waals surface area contributed by atoms with Crippen LogP contribution >= 0.6 is 22.9 Å². The second kappa shape index (κ2) is 7.57. The van der Waals surface area contributed by atoms with Gasteiger partial charge in [0.2, 0.25) is 0 Å². The molecule has 1 aromatic carbocycles. The van der Waals surface area contributed by atoms with E-state index < -0.39 is 10.5 Å². The fourth-order valence-corrected chi connectivity index (χ4v) is 4.16. The number of nitrogens with zero attached hydrogens (tertiary/aromatic N) is 4. The highest BCUT2D eigenvalue weighted by molar-refractivity contribution is 7.11. The van der Waals surface area contributed by atoms with Gasteiger partial charge in [0.15, 0.2) is 0 Å². The van der Waals surface area contributed by atoms with Crippen LogP contribution in [-0.4, -0.2) is 27.8 Å². The lowest BCUT2D eigenvalue weighted by Crippen LogP contribution is -2.31. The number of halogens is 1. The third-order valence-electron chi connectivity index (χ3n) is 4.59. The molecule has 0 amide bonds.